The molecule has 0 fully saturated rings. The standard InChI is InChI=1S/C25H28FN3O3S/c1-15(2)17-12-18(23(26)19-13-20(32-24(17)19)25(31)28(3)4)16-6-5-10-29(14-16)22(30)8-7-21-27-9-11-33-21/h6,9,11-13,15H,5,7-8,10,14H2,1-4H3. The number of amides is 2. The van der Waals surface area contributed by atoms with Gasteiger partial charge in [0, 0.05) is 63.2 Å². The lowest BCUT2D eigenvalue weighted by Gasteiger charge is -2.28. The Morgan fingerprint density at radius 3 is 2.76 bits per heavy atom. The van der Waals surface area contributed by atoms with Crippen LogP contribution in [-0.2, 0) is 11.2 Å². The number of hydrogen-bond acceptors (Lipinski definition) is 5. The fourth-order valence-electron chi connectivity index (χ4n) is 4.09. The summed E-state index contributed by atoms with van der Waals surface area (Å²) in [5.74, 6) is -0.497. The summed E-state index contributed by atoms with van der Waals surface area (Å²) in [5, 5.41) is 3.15. The predicted molar refractivity (Wildman–Crippen MR) is 128 cm³/mol. The Hall–Kier alpha value is -3.00. The topological polar surface area (TPSA) is 66.7 Å². The largest absolute Gasteiger partial charge is 0.450 e. The molecule has 1 aliphatic heterocycles. The maximum Gasteiger partial charge on any atom is 0.289 e. The molecule has 0 radical (unpaired) electrons. The van der Waals surface area contributed by atoms with Crippen LogP contribution in [0.5, 0.6) is 0 Å². The second-order valence-corrected chi connectivity index (χ2v) is 9.77. The number of carbonyl (C=O) groups excluding carboxylic acids is 2. The molecule has 0 N–H and O–H groups in total. The molecule has 8 heteroatoms. The summed E-state index contributed by atoms with van der Waals surface area (Å²) in [6.45, 7) is 5.00. The van der Waals surface area contributed by atoms with Gasteiger partial charge in [0.05, 0.1) is 10.4 Å². The van der Waals surface area contributed by atoms with Crippen LogP contribution >= 0.6 is 11.3 Å². The van der Waals surface area contributed by atoms with Crippen molar-refractivity contribution in [1.82, 2.24) is 14.8 Å². The molecule has 3 heterocycles. The average Bonchev–Trinajstić information content (AvgIpc) is 3.47. The van der Waals surface area contributed by atoms with Crippen molar-refractivity contribution in [2.75, 3.05) is 27.2 Å². The van der Waals surface area contributed by atoms with Gasteiger partial charge < -0.3 is 14.2 Å². The number of rotatable bonds is 6. The highest BCUT2D eigenvalue weighted by Crippen LogP contribution is 2.36. The Labute approximate surface area is 196 Å². The molecule has 0 saturated heterocycles. The van der Waals surface area contributed by atoms with Crippen LogP contribution in [0, 0.1) is 5.82 Å². The van der Waals surface area contributed by atoms with Crippen molar-refractivity contribution in [3.63, 3.8) is 0 Å². The fourth-order valence-corrected chi connectivity index (χ4v) is 4.71. The second kappa shape index (κ2) is 9.47. The number of nitrogens with zero attached hydrogens (tertiary/aromatic N) is 3. The average molecular weight is 470 g/mol. The van der Waals surface area contributed by atoms with E-state index in [-0.39, 0.29) is 23.5 Å². The first-order valence-electron chi connectivity index (χ1n) is 11.1. The first kappa shape index (κ1) is 23.2. The molecule has 0 atom stereocenters. The van der Waals surface area contributed by atoms with Gasteiger partial charge in [-0.05, 0) is 29.5 Å². The highest BCUT2D eigenvalue weighted by atomic mass is 32.1. The van der Waals surface area contributed by atoms with Gasteiger partial charge in [0.2, 0.25) is 5.91 Å². The predicted octanol–water partition coefficient (Wildman–Crippen LogP) is 5.10. The van der Waals surface area contributed by atoms with Crippen molar-refractivity contribution in [1.29, 1.82) is 0 Å². The zero-order valence-corrected chi connectivity index (χ0v) is 20.2. The van der Waals surface area contributed by atoms with Gasteiger partial charge in [-0.25, -0.2) is 9.37 Å². The minimum atomic E-state index is -0.417. The lowest BCUT2D eigenvalue weighted by molar-refractivity contribution is -0.130. The van der Waals surface area contributed by atoms with Gasteiger partial charge in [0.25, 0.3) is 5.91 Å². The van der Waals surface area contributed by atoms with E-state index in [1.165, 1.54) is 11.0 Å². The third-order valence-electron chi connectivity index (χ3n) is 5.89. The smallest absolute Gasteiger partial charge is 0.289 e. The molecule has 1 aliphatic rings. The second-order valence-electron chi connectivity index (χ2n) is 8.79. The minimum Gasteiger partial charge on any atom is -0.450 e. The van der Waals surface area contributed by atoms with Crippen LogP contribution in [0.2, 0.25) is 0 Å². The number of aromatic nitrogens is 1. The third-order valence-corrected chi connectivity index (χ3v) is 6.73. The highest BCUT2D eigenvalue weighted by Gasteiger charge is 2.26. The van der Waals surface area contributed by atoms with Crippen molar-refractivity contribution < 1.29 is 18.4 Å². The van der Waals surface area contributed by atoms with Crippen LogP contribution < -0.4 is 0 Å². The van der Waals surface area contributed by atoms with E-state index in [0.29, 0.717) is 48.9 Å². The number of halogens is 1. The number of fused-ring (bicyclic) bond motifs is 1. The van der Waals surface area contributed by atoms with Gasteiger partial charge in [-0.15, -0.1) is 11.3 Å². The quantitative estimate of drug-likeness (QED) is 0.504. The van der Waals surface area contributed by atoms with Crippen LogP contribution in [0.4, 0.5) is 4.39 Å². The lowest BCUT2D eigenvalue weighted by Crippen LogP contribution is -2.35. The number of benzene rings is 1. The maximum absolute atomic E-state index is 15.7. The summed E-state index contributed by atoms with van der Waals surface area (Å²) in [4.78, 5) is 32.7. The molecule has 0 spiro atoms. The molecule has 0 saturated carbocycles. The van der Waals surface area contributed by atoms with Crippen LogP contribution in [0.15, 0.2) is 34.2 Å². The monoisotopic (exact) mass is 469 g/mol. The van der Waals surface area contributed by atoms with Crippen molar-refractivity contribution in [2.45, 2.75) is 39.0 Å². The lowest BCUT2D eigenvalue weighted by atomic mass is 9.92. The molecule has 4 rings (SSSR count). The van der Waals surface area contributed by atoms with Gasteiger partial charge in [-0.1, -0.05) is 19.9 Å². The van der Waals surface area contributed by atoms with Gasteiger partial charge in [-0.3, -0.25) is 9.59 Å². The van der Waals surface area contributed by atoms with E-state index < -0.39 is 5.82 Å². The third kappa shape index (κ3) is 4.71. The van der Waals surface area contributed by atoms with E-state index >= 15 is 4.39 Å². The normalized spacial score (nSPS) is 14.1. The van der Waals surface area contributed by atoms with E-state index in [1.54, 1.807) is 36.5 Å². The van der Waals surface area contributed by atoms with E-state index in [4.69, 9.17) is 4.42 Å². The Kier molecular flexibility index (Phi) is 6.65. The van der Waals surface area contributed by atoms with Gasteiger partial charge in [-0.2, -0.15) is 0 Å². The molecule has 0 unspecified atom stereocenters. The molecule has 0 bridgehead atoms. The van der Waals surface area contributed by atoms with Gasteiger partial charge in [0.15, 0.2) is 5.76 Å². The number of hydrogen-bond donors (Lipinski definition) is 0. The van der Waals surface area contributed by atoms with Crippen molar-refractivity contribution in [3.05, 3.63) is 57.5 Å². The summed E-state index contributed by atoms with van der Waals surface area (Å²) in [6, 6.07) is 3.30. The SMILES string of the molecule is CC(C)c1cc(C2=CCCN(C(=O)CCc3nccs3)C2)c(F)c2cc(C(=O)N(C)C)oc12. The zero-order valence-electron chi connectivity index (χ0n) is 19.4. The Bertz CT molecular complexity index is 1210. The van der Waals surface area contributed by atoms with Crippen molar-refractivity contribution >= 4 is 39.7 Å². The first-order valence-corrected chi connectivity index (χ1v) is 12.0. The molecule has 2 aromatic heterocycles. The Morgan fingerprint density at radius 1 is 1.30 bits per heavy atom. The summed E-state index contributed by atoms with van der Waals surface area (Å²) in [6.07, 6.45) is 5.41. The minimum absolute atomic E-state index is 0.0450. The molecular formula is C25H28FN3O3S. The van der Waals surface area contributed by atoms with E-state index in [9.17, 15) is 9.59 Å². The molecule has 1 aromatic carbocycles. The van der Waals surface area contributed by atoms with Gasteiger partial charge in [0.1, 0.15) is 11.4 Å². The van der Waals surface area contributed by atoms with Crippen molar-refractivity contribution in [3.8, 4) is 0 Å². The molecular weight excluding hydrogens is 441 g/mol. The Morgan fingerprint density at radius 2 is 2.09 bits per heavy atom. The maximum atomic E-state index is 15.7. The molecule has 0 aliphatic carbocycles. The fraction of sp³-hybridized carbons (Fsp3) is 0.400. The molecule has 2 amide bonds. The van der Waals surface area contributed by atoms with Gasteiger partial charge >= 0.3 is 0 Å². The van der Waals surface area contributed by atoms with Crippen LogP contribution in [-0.4, -0.2) is 53.8 Å². The highest BCUT2D eigenvalue weighted by molar-refractivity contribution is 7.09. The number of thiazole rings is 1. The van der Waals surface area contributed by atoms with Crippen LogP contribution in [0.25, 0.3) is 16.5 Å². The van der Waals surface area contributed by atoms with Crippen molar-refractivity contribution in [2.24, 2.45) is 0 Å². The number of carbonyl (C=O) groups is 2. The van der Waals surface area contributed by atoms with Crippen LogP contribution in [0.1, 0.15) is 59.3 Å². The summed E-state index contributed by atoms with van der Waals surface area (Å²) in [7, 11) is 3.27. The summed E-state index contributed by atoms with van der Waals surface area (Å²) >= 11 is 1.54. The molecule has 174 valence electrons. The van der Waals surface area contributed by atoms with E-state index in [0.717, 1.165) is 16.1 Å². The first-order chi connectivity index (χ1) is 15.8. The molecule has 33 heavy (non-hydrogen) atoms. The Balaban J connectivity index is 1.64. The molecule has 6 nitrogen and oxygen atoms in total. The summed E-state index contributed by atoms with van der Waals surface area (Å²) < 4.78 is 21.5. The zero-order chi connectivity index (χ0) is 23.7. The van der Waals surface area contributed by atoms with E-state index in [1.807, 2.05) is 31.4 Å². The van der Waals surface area contributed by atoms with Crippen LogP contribution in [0.3, 0.4) is 0 Å². The molecule has 3 aromatic rings. The number of furan rings is 1. The number of aryl methyl sites for hydroxylation is 1. The van der Waals surface area contributed by atoms with E-state index in [2.05, 4.69) is 4.98 Å². The summed E-state index contributed by atoms with van der Waals surface area (Å²) in [5.41, 5.74) is 2.50.